The predicted octanol–water partition coefficient (Wildman–Crippen LogP) is 11.3. The number of benzene rings is 4. The largest absolute Gasteiger partial charge is 0.305 e. The van der Waals surface area contributed by atoms with Crippen molar-refractivity contribution in [2.45, 2.75) is 46.8 Å². The molecule has 3 heterocycles. The van der Waals surface area contributed by atoms with Gasteiger partial charge in [-0.05, 0) is 50.6 Å². The van der Waals surface area contributed by atoms with Gasteiger partial charge in [-0.2, -0.15) is 11.3 Å². The predicted molar refractivity (Wildman–Crippen MR) is 201 cm³/mol. The van der Waals surface area contributed by atoms with E-state index < -0.39 is 8.07 Å². The number of thiophene rings is 1. The van der Waals surface area contributed by atoms with E-state index in [1.54, 1.807) is 0 Å². The third kappa shape index (κ3) is 8.05. The van der Waals surface area contributed by atoms with Crippen LogP contribution in [-0.2, 0) is 26.5 Å². The molecule has 2 nitrogen and oxygen atoms in total. The summed E-state index contributed by atoms with van der Waals surface area (Å²) >= 11 is 1.82. The molecule has 1 radical (unpaired) electrons. The maximum Gasteiger partial charge on any atom is 0.0798 e. The third-order valence-electron chi connectivity index (χ3n) is 7.96. The van der Waals surface area contributed by atoms with Crippen LogP contribution in [0.2, 0.25) is 19.6 Å². The van der Waals surface area contributed by atoms with E-state index >= 15 is 0 Å². The molecule has 0 bridgehead atoms. The van der Waals surface area contributed by atoms with Gasteiger partial charge in [0.15, 0.2) is 0 Å². The van der Waals surface area contributed by atoms with E-state index in [1.807, 2.05) is 47.9 Å². The SMILES string of the molecule is CC(C)(C)Cc1cc(-c2[c-]cccc2)ncc1[Si](C)(C)C.[Ir].[c-]1cc(-c2ccccc2)c2c(sc3ccccc32)c1-c1ccccn1. The summed E-state index contributed by atoms with van der Waals surface area (Å²) in [5.41, 5.74) is 8.37. The summed E-state index contributed by atoms with van der Waals surface area (Å²) in [5.74, 6) is 0. The van der Waals surface area contributed by atoms with Gasteiger partial charge in [0, 0.05) is 37.2 Å². The Morgan fingerprint density at radius 1 is 0.766 bits per heavy atom. The number of aromatic nitrogens is 2. The van der Waals surface area contributed by atoms with Gasteiger partial charge in [-0.15, -0.1) is 53.6 Å². The van der Waals surface area contributed by atoms with Crippen LogP contribution in [0.15, 0.2) is 122 Å². The van der Waals surface area contributed by atoms with Crippen molar-refractivity contribution in [1.29, 1.82) is 0 Å². The molecule has 0 fully saturated rings. The zero-order chi connectivity index (χ0) is 32.3. The Morgan fingerprint density at radius 3 is 2.17 bits per heavy atom. The molecule has 7 rings (SSSR count). The van der Waals surface area contributed by atoms with Crippen LogP contribution in [0.4, 0.5) is 0 Å². The van der Waals surface area contributed by atoms with Crippen molar-refractivity contribution in [3.63, 3.8) is 0 Å². The van der Waals surface area contributed by atoms with E-state index in [0.29, 0.717) is 0 Å². The number of pyridine rings is 2. The summed E-state index contributed by atoms with van der Waals surface area (Å²) in [6.45, 7) is 14.1. The molecule has 0 atom stereocenters. The number of hydrogen-bond donors (Lipinski definition) is 0. The Hall–Kier alpha value is -3.73. The van der Waals surface area contributed by atoms with Gasteiger partial charge < -0.3 is 9.97 Å². The van der Waals surface area contributed by atoms with Crippen LogP contribution in [0.25, 0.3) is 53.8 Å². The summed E-state index contributed by atoms with van der Waals surface area (Å²) in [5, 5.41) is 4.08. The van der Waals surface area contributed by atoms with Gasteiger partial charge in [0.25, 0.3) is 0 Å². The second-order valence-electron chi connectivity index (χ2n) is 14.0. The molecular formula is C42H40IrN2SSi-2. The van der Waals surface area contributed by atoms with Gasteiger partial charge in [0.1, 0.15) is 0 Å². The average Bonchev–Trinajstić information content (AvgIpc) is 3.44. The minimum atomic E-state index is -1.37. The van der Waals surface area contributed by atoms with Crippen LogP contribution in [0, 0.1) is 17.5 Å². The van der Waals surface area contributed by atoms with Crippen LogP contribution in [0.1, 0.15) is 26.3 Å². The first-order valence-electron chi connectivity index (χ1n) is 15.9. The molecule has 0 N–H and O–H groups in total. The Morgan fingerprint density at radius 2 is 1.49 bits per heavy atom. The smallest absolute Gasteiger partial charge is 0.0798 e. The van der Waals surface area contributed by atoms with E-state index in [2.05, 4.69) is 143 Å². The van der Waals surface area contributed by atoms with E-state index in [9.17, 15) is 0 Å². The topological polar surface area (TPSA) is 25.8 Å². The molecule has 7 aromatic rings. The van der Waals surface area contributed by atoms with Crippen molar-refractivity contribution >= 4 is 44.8 Å². The Balaban J connectivity index is 0.000000184. The van der Waals surface area contributed by atoms with Gasteiger partial charge in [0.2, 0.25) is 0 Å². The Bertz CT molecular complexity index is 2080. The maximum absolute atomic E-state index is 4.71. The number of fused-ring (bicyclic) bond motifs is 3. The van der Waals surface area contributed by atoms with Gasteiger partial charge in [-0.1, -0.05) is 129 Å². The minimum absolute atomic E-state index is 0. The van der Waals surface area contributed by atoms with E-state index in [4.69, 9.17) is 4.98 Å². The molecule has 239 valence electrons. The average molecular weight is 825 g/mol. The molecule has 3 aromatic heterocycles. The van der Waals surface area contributed by atoms with Crippen molar-refractivity contribution in [3.05, 3.63) is 139 Å². The monoisotopic (exact) mass is 825 g/mol. The summed E-state index contributed by atoms with van der Waals surface area (Å²) in [7, 11) is -1.37. The van der Waals surface area contributed by atoms with Gasteiger partial charge in [0.05, 0.1) is 8.07 Å². The molecule has 0 amide bonds. The number of nitrogens with zero attached hydrogens (tertiary/aromatic N) is 2. The fourth-order valence-corrected chi connectivity index (χ4v) is 8.72. The first kappa shape index (κ1) is 34.6. The third-order valence-corrected chi connectivity index (χ3v) is 11.2. The van der Waals surface area contributed by atoms with Crippen LogP contribution < -0.4 is 5.19 Å². The van der Waals surface area contributed by atoms with Crippen molar-refractivity contribution in [2.75, 3.05) is 0 Å². The molecular weight excluding hydrogens is 785 g/mol. The summed E-state index contributed by atoms with van der Waals surface area (Å²) < 4.78 is 2.55. The second kappa shape index (κ2) is 14.6. The zero-order valence-electron chi connectivity index (χ0n) is 27.9. The second-order valence-corrected chi connectivity index (χ2v) is 20.0. The van der Waals surface area contributed by atoms with Gasteiger partial charge >= 0.3 is 0 Å². The van der Waals surface area contributed by atoms with Crippen LogP contribution >= 0.6 is 11.3 Å². The summed E-state index contributed by atoms with van der Waals surface area (Å²) in [6, 6.07) is 44.4. The zero-order valence-corrected chi connectivity index (χ0v) is 32.1. The van der Waals surface area contributed by atoms with E-state index in [1.165, 1.54) is 42.0 Å². The molecule has 0 aliphatic carbocycles. The molecule has 0 spiro atoms. The first-order valence-corrected chi connectivity index (χ1v) is 20.2. The fraction of sp³-hybridized carbons (Fsp3) is 0.190. The van der Waals surface area contributed by atoms with Crippen LogP contribution in [0.3, 0.4) is 0 Å². The van der Waals surface area contributed by atoms with Crippen molar-refractivity contribution in [1.82, 2.24) is 9.97 Å². The van der Waals surface area contributed by atoms with Gasteiger partial charge in [-0.3, -0.25) is 0 Å². The number of rotatable bonds is 5. The quantitative estimate of drug-likeness (QED) is 0.128. The van der Waals surface area contributed by atoms with Crippen molar-refractivity contribution in [2.24, 2.45) is 5.41 Å². The molecule has 4 aromatic carbocycles. The van der Waals surface area contributed by atoms with Gasteiger partial charge in [-0.25, -0.2) is 0 Å². The summed E-state index contributed by atoms with van der Waals surface area (Å²) in [4.78, 5) is 9.26. The molecule has 0 aliphatic rings. The minimum Gasteiger partial charge on any atom is -0.305 e. The van der Waals surface area contributed by atoms with Crippen molar-refractivity contribution < 1.29 is 20.1 Å². The standard InChI is InChI=1S/C23H14NS.C19H26NSi.Ir/c1-2-8-16(9-3-1)17-13-14-18(20-11-6-7-15-24-20)23-22(17)19-10-4-5-12-21(19)25-23;1-19(2,3)13-16-12-17(15-10-8-7-9-11-15)20-14-18(16)21(4,5)6;/h1-13,15H;7-10,12,14H,13H2,1-6H3;/q2*-1;. The van der Waals surface area contributed by atoms with E-state index in [-0.39, 0.29) is 25.5 Å². The fourth-order valence-electron chi connectivity index (χ4n) is 5.91. The maximum atomic E-state index is 4.71. The summed E-state index contributed by atoms with van der Waals surface area (Å²) in [6.07, 6.45) is 5.05. The number of hydrogen-bond acceptors (Lipinski definition) is 3. The molecule has 0 saturated heterocycles. The normalized spacial score (nSPS) is 11.5. The van der Waals surface area contributed by atoms with Crippen molar-refractivity contribution in [3.8, 4) is 33.6 Å². The van der Waals surface area contributed by atoms with Crippen LogP contribution in [-0.4, -0.2) is 18.0 Å². The van der Waals surface area contributed by atoms with E-state index in [0.717, 1.165) is 28.9 Å². The first-order chi connectivity index (χ1) is 22.1. The Labute approximate surface area is 298 Å². The molecule has 47 heavy (non-hydrogen) atoms. The molecule has 0 aliphatic heterocycles. The molecule has 5 heteroatoms. The molecule has 0 unspecified atom stereocenters. The molecule has 0 saturated carbocycles. The van der Waals surface area contributed by atoms with Crippen LogP contribution in [0.5, 0.6) is 0 Å². The Kier molecular flexibility index (Phi) is 10.7.